The monoisotopic (exact) mass is 401 g/mol. The second kappa shape index (κ2) is 8.32. The molecule has 1 aromatic heterocycles. The first-order valence-corrected chi connectivity index (χ1v) is 9.96. The molecule has 2 heterocycles. The van der Waals surface area contributed by atoms with Crippen molar-refractivity contribution < 1.29 is 23.5 Å². The summed E-state index contributed by atoms with van der Waals surface area (Å²) < 4.78 is 25.7. The molecule has 0 radical (unpaired) electrons. The van der Waals surface area contributed by atoms with Gasteiger partial charge in [0.25, 0.3) is 5.91 Å². The zero-order chi connectivity index (χ0) is 20.4. The molecule has 29 heavy (non-hydrogen) atoms. The molecule has 4 rings (SSSR count). The third-order valence-corrected chi connectivity index (χ3v) is 5.37. The zero-order valence-electron chi connectivity index (χ0n) is 16.4. The van der Waals surface area contributed by atoms with E-state index in [1.165, 1.54) is 12.1 Å². The lowest BCUT2D eigenvalue weighted by atomic mass is 9.95. The number of carbonyl (C=O) groups is 2. The third kappa shape index (κ3) is 4.17. The summed E-state index contributed by atoms with van der Waals surface area (Å²) in [7, 11) is 0. The van der Waals surface area contributed by atoms with Crippen molar-refractivity contribution in [3.63, 3.8) is 0 Å². The van der Waals surface area contributed by atoms with Crippen LogP contribution in [0, 0.1) is 5.82 Å². The summed E-state index contributed by atoms with van der Waals surface area (Å²) >= 11 is 0. The van der Waals surface area contributed by atoms with Gasteiger partial charge in [-0.1, -0.05) is 0 Å². The Balaban J connectivity index is 1.51. The smallest absolute Gasteiger partial charge is 0.359 e. The van der Waals surface area contributed by atoms with Crippen molar-refractivity contribution in [3.8, 4) is 5.69 Å². The molecule has 1 unspecified atom stereocenters. The van der Waals surface area contributed by atoms with E-state index >= 15 is 0 Å². The molecular formula is C21H24FN3O4. The molecule has 8 heteroatoms. The van der Waals surface area contributed by atoms with Gasteiger partial charge in [0.15, 0.2) is 12.3 Å². The number of ether oxygens (including phenoxy) is 2. The normalized spacial score (nSPS) is 19.0. The fraction of sp³-hybridized carbons (Fsp3) is 0.476. The molecular weight excluding hydrogens is 377 g/mol. The predicted molar refractivity (Wildman–Crippen MR) is 102 cm³/mol. The number of nitrogens with zero attached hydrogens (tertiary/aromatic N) is 3. The first-order valence-electron chi connectivity index (χ1n) is 9.96. The molecule has 0 N–H and O–H groups in total. The summed E-state index contributed by atoms with van der Waals surface area (Å²) in [6, 6.07) is 6.00. The van der Waals surface area contributed by atoms with Crippen LogP contribution in [0.2, 0.25) is 0 Å². The van der Waals surface area contributed by atoms with Gasteiger partial charge in [0.2, 0.25) is 0 Å². The van der Waals surface area contributed by atoms with Crippen LogP contribution in [0.5, 0.6) is 0 Å². The fourth-order valence-electron chi connectivity index (χ4n) is 3.89. The second-order valence-corrected chi connectivity index (χ2v) is 7.47. The summed E-state index contributed by atoms with van der Waals surface area (Å²) in [6.07, 6.45) is 3.46. The Morgan fingerprint density at radius 2 is 2.00 bits per heavy atom. The molecule has 1 fully saturated rings. The van der Waals surface area contributed by atoms with Gasteiger partial charge in [-0.2, -0.15) is 5.10 Å². The van der Waals surface area contributed by atoms with Gasteiger partial charge in [-0.25, -0.2) is 13.9 Å². The molecule has 1 aliphatic heterocycles. The number of morpholine rings is 1. The van der Waals surface area contributed by atoms with Crippen LogP contribution in [0.25, 0.3) is 5.69 Å². The van der Waals surface area contributed by atoms with Crippen LogP contribution >= 0.6 is 0 Å². The first-order chi connectivity index (χ1) is 14.0. The van der Waals surface area contributed by atoms with Crippen LogP contribution in [0.3, 0.4) is 0 Å². The number of amides is 1. The molecule has 1 saturated heterocycles. The Labute approximate surface area is 168 Å². The summed E-state index contributed by atoms with van der Waals surface area (Å²) in [4.78, 5) is 26.7. The summed E-state index contributed by atoms with van der Waals surface area (Å²) in [5.74, 6) is -1.16. The maximum absolute atomic E-state index is 13.3. The maximum Gasteiger partial charge on any atom is 0.359 e. The Hall–Kier alpha value is -2.74. The largest absolute Gasteiger partial charge is 0.451 e. The van der Waals surface area contributed by atoms with E-state index in [1.54, 1.807) is 21.7 Å². The van der Waals surface area contributed by atoms with Gasteiger partial charge in [-0.05, 0) is 56.9 Å². The number of rotatable bonds is 4. The van der Waals surface area contributed by atoms with Crippen molar-refractivity contribution in [2.45, 2.75) is 38.7 Å². The summed E-state index contributed by atoms with van der Waals surface area (Å²) in [5.41, 5.74) is 2.75. The van der Waals surface area contributed by atoms with Crippen molar-refractivity contribution in [3.05, 3.63) is 47.0 Å². The SMILES string of the molecule is CC1CN(C(=O)COC(=O)c2nn(-c3ccc(F)cc3)c3c2CCCC3)CCO1. The lowest BCUT2D eigenvalue weighted by Gasteiger charge is -2.30. The van der Waals surface area contributed by atoms with Gasteiger partial charge < -0.3 is 14.4 Å². The topological polar surface area (TPSA) is 73.7 Å². The number of hydrogen-bond acceptors (Lipinski definition) is 5. The molecule has 0 bridgehead atoms. The molecule has 0 spiro atoms. The highest BCUT2D eigenvalue weighted by Gasteiger charge is 2.28. The van der Waals surface area contributed by atoms with Gasteiger partial charge in [0.1, 0.15) is 5.82 Å². The van der Waals surface area contributed by atoms with Gasteiger partial charge in [0.05, 0.1) is 18.4 Å². The molecule has 1 aromatic carbocycles. The highest BCUT2D eigenvalue weighted by Crippen LogP contribution is 2.27. The number of carbonyl (C=O) groups excluding carboxylic acids is 2. The highest BCUT2D eigenvalue weighted by atomic mass is 19.1. The highest BCUT2D eigenvalue weighted by molar-refractivity contribution is 5.91. The molecule has 154 valence electrons. The van der Waals surface area contributed by atoms with Gasteiger partial charge >= 0.3 is 5.97 Å². The van der Waals surface area contributed by atoms with Crippen LogP contribution in [-0.4, -0.2) is 59.0 Å². The number of fused-ring (bicyclic) bond motifs is 1. The number of halogens is 1. The fourth-order valence-corrected chi connectivity index (χ4v) is 3.89. The minimum Gasteiger partial charge on any atom is -0.451 e. The zero-order valence-corrected chi connectivity index (χ0v) is 16.4. The lowest BCUT2D eigenvalue weighted by Crippen LogP contribution is -2.46. The number of aromatic nitrogens is 2. The van der Waals surface area contributed by atoms with Crippen molar-refractivity contribution in [2.75, 3.05) is 26.3 Å². The van der Waals surface area contributed by atoms with E-state index in [9.17, 15) is 14.0 Å². The first kappa shape index (κ1) is 19.6. The van der Waals surface area contributed by atoms with E-state index in [2.05, 4.69) is 5.10 Å². The minimum atomic E-state index is -0.598. The lowest BCUT2D eigenvalue weighted by molar-refractivity contribution is -0.141. The molecule has 7 nitrogen and oxygen atoms in total. The molecule has 1 atom stereocenters. The van der Waals surface area contributed by atoms with Crippen molar-refractivity contribution >= 4 is 11.9 Å². The van der Waals surface area contributed by atoms with E-state index < -0.39 is 5.97 Å². The Morgan fingerprint density at radius 3 is 2.76 bits per heavy atom. The Kier molecular flexibility index (Phi) is 5.62. The second-order valence-electron chi connectivity index (χ2n) is 7.47. The predicted octanol–water partition coefficient (Wildman–Crippen LogP) is 2.29. The molecule has 1 amide bonds. The third-order valence-electron chi connectivity index (χ3n) is 5.37. The quantitative estimate of drug-likeness (QED) is 0.735. The molecule has 1 aliphatic carbocycles. The van der Waals surface area contributed by atoms with E-state index in [-0.39, 0.29) is 30.1 Å². The van der Waals surface area contributed by atoms with Crippen molar-refractivity contribution in [2.24, 2.45) is 0 Å². The van der Waals surface area contributed by atoms with Crippen LogP contribution < -0.4 is 0 Å². The number of hydrogen-bond donors (Lipinski definition) is 0. The average molecular weight is 401 g/mol. The van der Waals surface area contributed by atoms with Crippen molar-refractivity contribution in [1.82, 2.24) is 14.7 Å². The van der Waals surface area contributed by atoms with Crippen LogP contribution in [0.15, 0.2) is 24.3 Å². The van der Waals surface area contributed by atoms with Crippen molar-refractivity contribution in [1.29, 1.82) is 0 Å². The van der Waals surface area contributed by atoms with Crippen LogP contribution in [-0.2, 0) is 27.1 Å². The summed E-state index contributed by atoms with van der Waals surface area (Å²) in [5, 5.41) is 4.47. The van der Waals surface area contributed by atoms with E-state index in [0.29, 0.717) is 25.4 Å². The standard InChI is InChI=1S/C21H24FN3O4/c1-14-12-24(10-11-28-14)19(26)13-29-21(27)20-17-4-2-3-5-18(17)25(23-20)16-8-6-15(22)7-9-16/h6-9,14H,2-5,10-13H2,1H3. The Bertz CT molecular complexity index is 909. The average Bonchev–Trinajstić information content (AvgIpc) is 3.12. The Morgan fingerprint density at radius 1 is 1.24 bits per heavy atom. The van der Waals surface area contributed by atoms with Gasteiger partial charge in [0, 0.05) is 24.3 Å². The van der Waals surface area contributed by atoms with E-state index in [0.717, 1.165) is 36.9 Å². The number of benzene rings is 1. The maximum atomic E-state index is 13.3. The molecule has 2 aliphatic rings. The van der Waals surface area contributed by atoms with Gasteiger partial charge in [-0.3, -0.25) is 4.79 Å². The van der Waals surface area contributed by atoms with Gasteiger partial charge in [-0.15, -0.1) is 0 Å². The van der Waals surface area contributed by atoms with Crippen LogP contribution in [0.1, 0.15) is 41.5 Å². The number of esters is 1. The molecule has 2 aromatic rings. The van der Waals surface area contributed by atoms with E-state index in [1.807, 2.05) is 6.92 Å². The summed E-state index contributed by atoms with van der Waals surface area (Å²) in [6.45, 7) is 3.06. The minimum absolute atomic E-state index is 0.0261. The van der Waals surface area contributed by atoms with E-state index in [4.69, 9.17) is 9.47 Å². The molecule has 0 saturated carbocycles. The van der Waals surface area contributed by atoms with Crippen LogP contribution in [0.4, 0.5) is 4.39 Å².